The molecule has 3 rings (SSSR count). The van der Waals surface area contributed by atoms with Crippen LogP contribution in [0.3, 0.4) is 0 Å². The van der Waals surface area contributed by atoms with E-state index < -0.39 is 0 Å². The van der Waals surface area contributed by atoms with Crippen molar-refractivity contribution in [2.24, 2.45) is 17.6 Å². The predicted octanol–water partition coefficient (Wildman–Crippen LogP) is 1.99. The van der Waals surface area contributed by atoms with Gasteiger partial charge >= 0.3 is 0 Å². The van der Waals surface area contributed by atoms with E-state index in [1.807, 2.05) is 0 Å². The lowest BCUT2D eigenvalue weighted by atomic mass is 9.78. The zero-order valence-corrected chi connectivity index (χ0v) is 9.70. The van der Waals surface area contributed by atoms with Gasteiger partial charge in [-0.05, 0) is 56.9 Å². The summed E-state index contributed by atoms with van der Waals surface area (Å²) in [6.45, 7) is 2.33. The van der Waals surface area contributed by atoms with Crippen LogP contribution < -0.4 is 5.73 Å². The minimum absolute atomic E-state index is 0.829. The largest absolute Gasteiger partial charge is 0.330 e. The molecule has 1 aliphatic carbocycles. The van der Waals surface area contributed by atoms with Crippen molar-refractivity contribution in [2.75, 3.05) is 13.1 Å². The van der Waals surface area contributed by atoms with Crippen molar-refractivity contribution in [2.45, 2.75) is 57.0 Å². The van der Waals surface area contributed by atoms with Gasteiger partial charge in [0.15, 0.2) is 0 Å². The first-order valence-corrected chi connectivity index (χ1v) is 6.82. The fourth-order valence-corrected chi connectivity index (χ4v) is 3.68. The molecule has 15 heavy (non-hydrogen) atoms. The molecule has 2 saturated heterocycles. The topological polar surface area (TPSA) is 29.3 Å². The summed E-state index contributed by atoms with van der Waals surface area (Å²) < 4.78 is 0. The van der Waals surface area contributed by atoms with E-state index in [2.05, 4.69) is 4.90 Å². The van der Waals surface area contributed by atoms with Crippen LogP contribution in [0.25, 0.3) is 0 Å². The molecule has 0 radical (unpaired) electrons. The first kappa shape index (κ1) is 10.1. The van der Waals surface area contributed by atoms with E-state index in [4.69, 9.17) is 5.73 Å². The van der Waals surface area contributed by atoms with E-state index in [9.17, 15) is 0 Å². The van der Waals surface area contributed by atoms with Crippen LogP contribution in [0.2, 0.25) is 0 Å². The first-order chi connectivity index (χ1) is 7.36. The molecule has 0 aromatic heterocycles. The zero-order chi connectivity index (χ0) is 10.3. The minimum atomic E-state index is 0.829. The summed E-state index contributed by atoms with van der Waals surface area (Å²) in [5.41, 5.74) is 5.85. The first-order valence-electron chi connectivity index (χ1n) is 6.82. The Morgan fingerprint density at radius 2 is 1.60 bits per heavy atom. The van der Waals surface area contributed by atoms with Gasteiger partial charge in [-0.1, -0.05) is 6.42 Å². The Labute approximate surface area is 93.2 Å². The SMILES string of the molecule is NCC1C[C@@H]2CCC[C@@H](C1)N2CC1CC1. The van der Waals surface area contributed by atoms with Crippen LogP contribution in [0, 0.1) is 11.8 Å². The fraction of sp³-hybridized carbons (Fsp3) is 1.00. The number of hydrogen-bond donors (Lipinski definition) is 1. The Hall–Kier alpha value is -0.0800. The Balaban J connectivity index is 1.66. The van der Waals surface area contributed by atoms with Gasteiger partial charge in [-0.2, -0.15) is 0 Å². The van der Waals surface area contributed by atoms with Crippen molar-refractivity contribution in [3.63, 3.8) is 0 Å². The average molecular weight is 208 g/mol. The smallest absolute Gasteiger partial charge is 0.0101 e. The van der Waals surface area contributed by atoms with E-state index in [1.54, 1.807) is 0 Å². The molecule has 0 unspecified atom stereocenters. The van der Waals surface area contributed by atoms with E-state index >= 15 is 0 Å². The Morgan fingerprint density at radius 1 is 0.933 bits per heavy atom. The fourth-order valence-electron chi connectivity index (χ4n) is 3.68. The second kappa shape index (κ2) is 4.06. The molecule has 0 aromatic carbocycles. The van der Waals surface area contributed by atoms with Gasteiger partial charge in [-0.3, -0.25) is 4.90 Å². The highest BCUT2D eigenvalue weighted by Gasteiger charge is 2.39. The highest BCUT2D eigenvalue weighted by atomic mass is 15.2. The lowest BCUT2D eigenvalue weighted by molar-refractivity contribution is 0.0121. The average Bonchev–Trinajstić information content (AvgIpc) is 3.01. The summed E-state index contributed by atoms with van der Waals surface area (Å²) in [5.74, 6) is 1.89. The summed E-state index contributed by atoms with van der Waals surface area (Å²) in [4.78, 5) is 2.85. The van der Waals surface area contributed by atoms with Gasteiger partial charge in [0, 0.05) is 18.6 Å². The second-order valence-corrected chi connectivity index (χ2v) is 5.95. The molecule has 2 bridgehead atoms. The molecule has 3 fully saturated rings. The number of rotatable bonds is 3. The summed E-state index contributed by atoms with van der Waals surface area (Å²) in [6.07, 6.45) is 10.1. The summed E-state index contributed by atoms with van der Waals surface area (Å²) in [7, 11) is 0. The van der Waals surface area contributed by atoms with Crippen LogP contribution in [0.5, 0.6) is 0 Å². The molecule has 2 heterocycles. The normalized spacial score (nSPS) is 41.8. The summed E-state index contributed by atoms with van der Waals surface area (Å²) in [5, 5.41) is 0. The van der Waals surface area contributed by atoms with Crippen molar-refractivity contribution in [3.8, 4) is 0 Å². The third-order valence-corrected chi connectivity index (χ3v) is 4.72. The maximum Gasteiger partial charge on any atom is 0.0101 e. The van der Waals surface area contributed by atoms with E-state index in [1.165, 1.54) is 51.5 Å². The van der Waals surface area contributed by atoms with Crippen LogP contribution in [-0.4, -0.2) is 30.1 Å². The molecular formula is C13H24N2. The van der Waals surface area contributed by atoms with Crippen LogP contribution in [0.4, 0.5) is 0 Å². The van der Waals surface area contributed by atoms with Gasteiger partial charge in [0.1, 0.15) is 0 Å². The van der Waals surface area contributed by atoms with Gasteiger partial charge < -0.3 is 5.73 Å². The Bertz CT molecular complexity index is 211. The highest BCUT2D eigenvalue weighted by molar-refractivity contribution is 4.94. The van der Waals surface area contributed by atoms with Gasteiger partial charge in [0.25, 0.3) is 0 Å². The van der Waals surface area contributed by atoms with Crippen molar-refractivity contribution >= 4 is 0 Å². The van der Waals surface area contributed by atoms with Gasteiger partial charge in [-0.25, -0.2) is 0 Å². The molecule has 1 saturated carbocycles. The number of fused-ring (bicyclic) bond motifs is 2. The van der Waals surface area contributed by atoms with Crippen molar-refractivity contribution in [1.29, 1.82) is 0 Å². The van der Waals surface area contributed by atoms with Gasteiger partial charge in [0.2, 0.25) is 0 Å². The van der Waals surface area contributed by atoms with Crippen LogP contribution in [0.1, 0.15) is 44.9 Å². The quantitative estimate of drug-likeness (QED) is 0.768. The van der Waals surface area contributed by atoms with E-state index in [-0.39, 0.29) is 0 Å². The van der Waals surface area contributed by atoms with Crippen LogP contribution in [0.15, 0.2) is 0 Å². The molecule has 86 valence electrons. The second-order valence-electron chi connectivity index (χ2n) is 5.95. The predicted molar refractivity (Wildman–Crippen MR) is 62.6 cm³/mol. The lowest BCUT2D eigenvalue weighted by Gasteiger charge is -2.49. The minimum Gasteiger partial charge on any atom is -0.330 e. The number of nitrogens with two attached hydrogens (primary N) is 1. The van der Waals surface area contributed by atoms with Crippen LogP contribution >= 0.6 is 0 Å². The Kier molecular flexibility index (Phi) is 2.73. The molecular weight excluding hydrogens is 184 g/mol. The van der Waals surface area contributed by atoms with E-state index in [0.29, 0.717) is 0 Å². The summed E-state index contributed by atoms with van der Waals surface area (Å²) >= 11 is 0. The maximum absolute atomic E-state index is 5.85. The molecule has 0 aromatic rings. The number of nitrogens with zero attached hydrogens (tertiary/aromatic N) is 1. The summed E-state index contributed by atoms with van der Waals surface area (Å²) in [6, 6.07) is 1.79. The third kappa shape index (κ3) is 2.07. The third-order valence-electron chi connectivity index (χ3n) is 4.72. The molecule has 0 amide bonds. The standard InChI is InChI=1S/C13H24N2/c14-8-11-6-12-2-1-3-13(7-11)15(12)9-10-4-5-10/h10-13H,1-9,14H2/t12-,13-/m0/s1. The molecule has 2 N–H and O–H groups in total. The number of piperidine rings is 2. The van der Waals surface area contributed by atoms with Crippen molar-refractivity contribution in [3.05, 3.63) is 0 Å². The zero-order valence-electron chi connectivity index (χ0n) is 9.70. The molecule has 2 heteroatoms. The monoisotopic (exact) mass is 208 g/mol. The molecule has 2 nitrogen and oxygen atoms in total. The Morgan fingerprint density at radius 3 is 2.13 bits per heavy atom. The highest BCUT2D eigenvalue weighted by Crippen LogP contribution is 2.40. The van der Waals surface area contributed by atoms with Crippen molar-refractivity contribution < 1.29 is 0 Å². The molecule has 0 spiro atoms. The maximum atomic E-state index is 5.85. The molecule has 3 aliphatic rings. The molecule has 2 atom stereocenters. The number of hydrogen-bond acceptors (Lipinski definition) is 2. The van der Waals surface area contributed by atoms with E-state index in [0.717, 1.165) is 30.5 Å². The van der Waals surface area contributed by atoms with Crippen molar-refractivity contribution in [1.82, 2.24) is 4.90 Å². The van der Waals surface area contributed by atoms with Crippen LogP contribution in [-0.2, 0) is 0 Å². The van der Waals surface area contributed by atoms with Gasteiger partial charge in [0.05, 0.1) is 0 Å². The lowest BCUT2D eigenvalue weighted by Crippen LogP contribution is -2.53. The van der Waals surface area contributed by atoms with Gasteiger partial charge in [-0.15, -0.1) is 0 Å². The molecule has 2 aliphatic heterocycles.